The Hall–Kier alpha value is -11.3. The molecule has 12 aromatic rings. The number of nitrogens with zero attached hydrogens (tertiary/aromatic N) is 15. The molecule has 3 aromatic carbocycles. The predicted octanol–water partition coefficient (Wildman–Crippen LogP) is 10.1. The van der Waals surface area contributed by atoms with Crippen molar-refractivity contribution in [3.8, 4) is 34.6 Å². The Morgan fingerprint density at radius 1 is 0.511 bits per heavy atom. The van der Waals surface area contributed by atoms with E-state index in [1.54, 1.807) is 118 Å². The Kier molecular flexibility index (Phi) is 13.2. The second-order valence-electron chi connectivity index (χ2n) is 22.4. The number of hydrogen-bond acceptors (Lipinski definition) is 15. The minimum atomic E-state index is -0.533. The number of nitrogens with one attached hydrogen (secondary N) is 3. The van der Waals surface area contributed by atoms with Crippen LogP contribution in [0.2, 0.25) is 0 Å². The van der Waals surface area contributed by atoms with E-state index in [0.29, 0.717) is 96.8 Å². The van der Waals surface area contributed by atoms with Crippen LogP contribution in [0.4, 0.5) is 30.6 Å². The van der Waals surface area contributed by atoms with E-state index in [2.05, 4.69) is 89.9 Å². The van der Waals surface area contributed by atoms with Gasteiger partial charge >= 0.3 is 0 Å². The van der Waals surface area contributed by atoms with Gasteiger partial charge in [-0.15, -0.1) is 0 Å². The van der Waals surface area contributed by atoms with Crippen molar-refractivity contribution in [2.75, 3.05) is 16.0 Å². The lowest BCUT2D eigenvalue weighted by Crippen LogP contribution is -2.24. The second kappa shape index (κ2) is 21.3. The average Bonchev–Trinajstić information content (AvgIpc) is 1.51. The molecule has 16 rings (SSSR count). The van der Waals surface area contributed by atoms with Crippen LogP contribution in [0, 0.1) is 22.9 Å². The number of hydrogen-bond donors (Lipinski definition) is 3. The van der Waals surface area contributed by atoms with Crippen LogP contribution in [0.25, 0.3) is 73.2 Å². The molecule has 1 saturated carbocycles. The van der Waals surface area contributed by atoms with Gasteiger partial charge in [0.25, 0.3) is 5.91 Å². The Labute approximate surface area is 498 Å². The lowest BCUT2D eigenvalue weighted by atomic mass is 9.91. The van der Waals surface area contributed by atoms with E-state index in [1.807, 2.05) is 38.1 Å². The highest BCUT2D eigenvalue weighted by molar-refractivity contribution is 6.31. The van der Waals surface area contributed by atoms with Crippen LogP contribution in [-0.4, -0.2) is 91.9 Å². The molecule has 1 spiro atoms. The molecule has 1 fully saturated rings. The van der Waals surface area contributed by atoms with Gasteiger partial charge in [0, 0.05) is 70.6 Å². The van der Waals surface area contributed by atoms with E-state index < -0.39 is 5.41 Å². The van der Waals surface area contributed by atoms with Crippen LogP contribution >= 0.6 is 0 Å². The molecule has 3 aliphatic heterocycles. The molecule has 3 N–H and O–H groups in total. The zero-order chi connectivity index (χ0) is 60.6. The number of allylic oxidation sites excluding steroid dienone is 1. The highest BCUT2D eigenvalue weighted by atomic mass is 19.1. The average molecular weight is 1180 g/mol. The molecule has 1 aliphatic carbocycles. The first-order chi connectivity index (χ1) is 42.6. The summed E-state index contributed by atoms with van der Waals surface area (Å²) >= 11 is 0. The van der Waals surface area contributed by atoms with Gasteiger partial charge in [0.15, 0.2) is 34.4 Å². The minimum absolute atomic E-state index is 0.0180. The topological polar surface area (TPSA) is 257 Å². The van der Waals surface area contributed by atoms with Crippen LogP contribution in [0.3, 0.4) is 0 Å². The molecule has 4 aliphatic rings. The van der Waals surface area contributed by atoms with Crippen molar-refractivity contribution in [1.82, 2.24) is 74.2 Å². The van der Waals surface area contributed by atoms with Crippen molar-refractivity contribution in [2.45, 2.75) is 65.6 Å². The van der Waals surface area contributed by atoms with E-state index >= 15 is 0 Å². The van der Waals surface area contributed by atoms with Gasteiger partial charge in [-0.05, 0) is 80.3 Å². The van der Waals surface area contributed by atoms with Crippen LogP contribution in [0.1, 0.15) is 67.5 Å². The van der Waals surface area contributed by atoms with E-state index in [1.165, 1.54) is 18.2 Å². The summed E-state index contributed by atoms with van der Waals surface area (Å²) in [7, 11) is 0. The summed E-state index contributed by atoms with van der Waals surface area (Å²) in [5.74, 6) is 1.47. The third kappa shape index (κ3) is 9.50. The lowest BCUT2D eigenvalue weighted by Gasteiger charge is -2.10. The molecule has 434 valence electrons. The molecular weight excluding hydrogens is 1130 g/mol. The fraction of sp³-hybridized carbons (Fsp3) is 0.172. The number of carbonyl (C=O) groups excluding carboxylic acids is 3. The maximum Gasteiger partial charge on any atom is 0.257 e. The predicted molar refractivity (Wildman–Crippen MR) is 320 cm³/mol. The van der Waals surface area contributed by atoms with Crippen LogP contribution in [0.15, 0.2) is 152 Å². The van der Waals surface area contributed by atoms with Crippen LogP contribution in [-0.2, 0) is 45.9 Å². The van der Waals surface area contributed by atoms with Gasteiger partial charge in [0.1, 0.15) is 52.0 Å². The highest BCUT2D eigenvalue weighted by Crippen LogP contribution is 2.68. The molecule has 9 aromatic heterocycles. The maximum absolute atomic E-state index is 14.2. The van der Waals surface area contributed by atoms with Crippen molar-refractivity contribution in [3.05, 3.63) is 203 Å². The SMILES string of the molecule is CC(C)=C1C(=O)Nc2nc(-c3nn(Cc4ccccc4F)c4ncccc34)ncc21.CC1(C)CC12C(=O)Nc1nc(-c3nn(Cc4ccccc4F)c4ncccc34)ncc12.O=C1Cc2cnc(-c3nn(Cc4ccccc4F)c4ncccc34)nc2N1. The quantitative estimate of drug-likeness (QED) is 0.114. The van der Waals surface area contributed by atoms with Crippen molar-refractivity contribution in [1.29, 1.82) is 0 Å². The third-order valence-electron chi connectivity index (χ3n) is 16.1. The summed E-state index contributed by atoms with van der Waals surface area (Å²) in [6, 6.07) is 30.8. The summed E-state index contributed by atoms with van der Waals surface area (Å²) < 4.78 is 47.4. The Balaban J connectivity index is 0.000000116. The smallest absolute Gasteiger partial charge is 0.257 e. The maximum atomic E-state index is 14.2. The zero-order valence-electron chi connectivity index (χ0n) is 47.5. The summed E-state index contributed by atoms with van der Waals surface area (Å²) in [4.78, 5) is 76.8. The number of aromatic nitrogens is 15. The van der Waals surface area contributed by atoms with Crippen molar-refractivity contribution in [2.24, 2.45) is 5.41 Å². The van der Waals surface area contributed by atoms with Gasteiger partial charge in [-0.25, -0.2) is 72.1 Å². The van der Waals surface area contributed by atoms with Gasteiger partial charge in [0.05, 0.1) is 53.2 Å². The number of pyridine rings is 3. The van der Waals surface area contributed by atoms with E-state index in [9.17, 15) is 27.6 Å². The first-order valence-electron chi connectivity index (χ1n) is 28.0. The first kappa shape index (κ1) is 54.6. The Bertz CT molecular complexity index is 4920. The zero-order valence-corrected chi connectivity index (χ0v) is 47.5. The monoisotopic (exact) mass is 1170 g/mol. The Morgan fingerprint density at radius 3 is 1.40 bits per heavy atom. The standard InChI is InChI=1S/C23H19FN6O.C22H17FN6O.C19H13FN6O/c1-22(2)12-23(22)15-10-26-19(27-18(15)28-21(23)31)17-14-7-5-9-25-20(14)30(29-17)11-13-6-3-4-8-16(13)24;1-12(2)17-15-10-25-20(26-19(15)27-22(17)30)18-14-7-5-9-24-21(14)29(28-18)11-13-6-3-4-8-16(13)23;20-14-6-2-1-4-11(14)10-26-19-13(5-3-7-21-19)16(25-26)18-22-9-12-8-15(27)23-17(12)24-18/h3-10H,11-12H2,1-2H3,(H,26,27,28,31);3-10H,11H2,1-2H3,(H,25,26,27,30);1-7,9H,8,10H2,(H,22,23,24,27). The summed E-state index contributed by atoms with van der Waals surface area (Å²) in [5, 5.41) is 24.6. The number of carbonyl (C=O) groups is 3. The molecule has 1 atom stereocenters. The number of rotatable bonds is 9. The van der Waals surface area contributed by atoms with E-state index in [-0.39, 0.29) is 66.6 Å². The number of fused-ring (bicyclic) bond motifs is 7. The lowest BCUT2D eigenvalue weighted by molar-refractivity contribution is -0.118. The molecule has 1 unspecified atom stereocenters. The van der Waals surface area contributed by atoms with Gasteiger partial charge in [0.2, 0.25) is 11.8 Å². The van der Waals surface area contributed by atoms with Gasteiger partial charge in [-0.1, -0.05) is 74.0 Å². The fourth-order valence-corrected chi connectivity index (χ4v) is 11.6. The van der Waals surface area contributed by atoms with Crippen molar-refractivity contribution >= 4 is 73.8 Å². The van der Waals surface area contributed by atoms with Gasteiger partial charge < -0.3 is 16.0 Å². The van der Waals surface area contributed by atoms with Gasteiger partial charge in [-0.2, -0.15) is 15.3 Å². The molecular formula is C64H49F3N18O3. The largest absolute Gasteiger partial charge is 0.310 e. The second-order valence-corrected chi connectivity index (χ2v) is 22.4. The van der Waals surface area contributed by atoms with Crippen molar-refractivity contribution < 1.29 is 27.6 Å². The van der Waals surface area contributed by atoms with E-state index in [4.69, 9.17) is 0 Å². The minimum Gasteiger partial charge on any atom is -0.310 e. The summed E-state index contributed by atoms with van der Waals surface area (Å²) in [6.45, 7) is 8.62. The first-order valence-corrected chi connectivity index (χ1v) is 28.0. The molecule has 88 heavy (non-hydrogen) atoms. The van der Waals surface area contributed by atoms with Crippen LogP contribution < -0.4 is 16.0 Å². The molecule has 21 nitrogen and oxygen atoms in total. The summed E-state index contributed by atoms with van der Waals surface area (Å²) in [6.07, 6.45) is 11.1. The Morgan fingerprint density at radius 2 is 0.943 bits per heavy atom. The number of amides is 3. The normalized spacial score (nSPS) is 15.7. The van der Waals surface area contributed by atoms with Crippen molar-refractivity contribution in [3.63, 3.8) is 0 Å². The molecule has 3 amide bonds. The molecule has 24 heteroatoms. The third-order valence-corrected chi connectivity index (χ3v) is 16.1. The molecule has 0 saturated heterocycles. The van der Waals surface area contributed by atoms with Crippen LogP contribution in [0.5, 0.6) is 0 Å². The number of anilines is 3. The van der Waals surface area contributed by atoms with E-state index in [0.717, 1.165) is 39.3 Å². The molecule has 0 bridgehead atoms. The number of benzene rings is 3. The highest BCUT2D eigenvalue weighted by Gasteiger charge is 2.71. The van der Waals surface area contributed by atoms with Gasteiger partial charge in [-0.3, -0.25) is 14.4 Å². The number of halogens is 3. The fourth-order valence-electron chi connectivity index (χ4n) is 11.6. The molecule has 0 radical (unpaired) electrons. The molecule has 12 heterocycles. The summed E-state index contributed by atoms with van der Waals surface area (Å²) in [5.41, 5.74) is 8.13.